The Morgan fingerprint density at radius 1 is 0.923 bits per heavy atom. The number of ether oxygens (including phenoxy) is 1. The van der Waals surface area contributed by atoms with Gasteiger partial charge in [-0.2, -0.15) is 0 Å². The maximum Gasteiger partial charge on any atom is 0.235 e. The first-order valence-corrected chi connectivity index (χ1v) is 18.1. The fraction of sp³-hybridized carbons (Fsp3) is 0.317. The Morgan fingerprint density at radius 3 is 2.25 bits per heavy atom. The molecular weight excluding hydrogens is 673 g/mol. The topological polar surface area (TPSA) is 147 Å². The number of nitrogens with two attached hydrogens (primary N) is 2. The Kier molecular flexibility index (Phi) is 11.7. The van der Waals surface area contributed by atoms with Gasteiger partial charge < -0.3 is 21.3 Å². The first-order valence-electron chi connectivity index (χ1n) is 17.2. The number of aliphatic hydroxyl groups is 1. The van der Waals surface area contributed by atoms with Crippen molar-refractivity contribution in [2.45, 2.75) is 50.6 Å². The monoisotopic (exact) mass is 720 g/mol. The van der Waals surface area contributed by atoms with Crippen LogP contribution in [0.4, 0.5) is 0 Å². The van der Waals surface area contributed by atoms with Gasteiger partial charge in [0.1, 0.15) is 11.3 Å². The summed E-state index contributed by atoms with van der Waals surface area (Å²) in [5.41, 5.74) is 17.1. The molecule has 0 radical (unpaired) electrons. The molecule has 52 heavy (non-hydrogen) atoms. The SMILES string of the molecule is C=CC[C@H]1C(=O)N(C)C(N)=N[C@]1(C)c1cccc(-c2cccc(OC)c2)c1.CN1C(=O)C[C@@](C)(c2cc(-c3cccc(CCCO)c3)cs2)N=C1N. The lowest BCUT2D eigenvalue weighted by molar-refractivity contribution is -0.134. The summed E-state index contributed by atoms with van der Waals surface area (Å²) in [5, 5.41) is 11.1. The van der Waals surface area contributed by atoms with Crippen LogP contribution in [0.3, 0.4) is 0 Å². The summed E-state index contributed by atoms with van der Waals surface area (Å²) in [6.45, 7) is 7.93. The summed E-state index contributed by atoms with van der Waals surface area (Å²) in [4.78, 5) is 38.1. The van der Waals surface area contributed by atoms with Gasteiger partial charge in [-0.05, 0) is 96.1 Å². The number of aliphatic hydroxyl groups excluding tert-OH is 1. The van der Waals surface area contributed by atoms with Crippen LogP contribution in [0.2, 0.25) is 0 Å². The fourth-order valence-electron chi connectivity index (χ4n) is 6.57. The molecule has 5 N–H and O–H groups in total. The summed E-state index contributed by atoms with van der Waals surface area (Å²) >= 11 is 1.61. The maximum absolute atomic E-state index is 12.9. The molecule has 3 aromatic carbocycles. The number of rotatable bonds is 10. The number of aryl methyl sites for hydroxylation is 1. The van der Waals surface area contributed by atoms with Gasteiger partial charge in [0, 0.05) is 25.6 Å². The van der Waals surface area contributed by atoms with Gasteiger partial charge in [-0.15, -0.1) is 17.9 Å². The van der Waals surface area contributed by atoms with Crippen LogP contribution in [0.15, 0.2) is 107 Å². The van der Waals surface area contributed by atoms with Crippen LogP contribution in [0.25, 0.3) is 22.3 Å². The van der Waals surface area contributed by atoms with E-state index in [1.165, 1.54) is 15.4 Å². The van der Waals surface area contributed by atoms with Gasteiger partial charge in [0.05, 0.1) is 25.0 Å². The molecule has 0 bridgehead atoms. The third-order valence-corrected chi connectivity index (χ3v) is 11.0. The molecule has 272 valence electrons. The highest BCUT2D eigenvalue weighted by Gasteiger charge is 2.45. The molecule has 6 rings (SSSR count). The largest absolute Gasteiger partial charge is 0.497 e. The van der Waals surface area contributed by atoms with Crippen molar-refractivity contribution in [2.24, 2.45) is 27.4 Å². The molecular formula is C41H48N6O4S. The van der Waals surface area contributed by atoms with E-state index in [4.69, 9.17) is 26.3 Å². The summed E-state index contributed by atoms with van der Waals surface area (Å²) < 4.78 is 5.33. The molecule has 3 atom stereocenters. The van der Waals surface area contributed by atoms with E-state index in [0.29, 0.717) is 12.8 Å². The summed E-state index contributed by atoms with van der Waals surface area (Å²) in [6, 6.07) is 26.4. The third-order valence-electron chi connectivity index (χ3n) is 9.84. The van der Waals surface area contributed by atoms with E-state index in [9.17, 15) is 9.59 Å². The van der Waals surface area contributed by atoms with Gasteiger partial charge in [0.2, 0.25) is 11.8 Å². The highest BCUT2D eigenvalue weighted by molar-refractivity contribution is 7.10. The number of hydrogen-bond donors (Lipinski definition) is 3. The van der Waals surface area contributed by atoms with Gasteiger partial charge in [-0.25, -0.2) is 9.98 Å². The van der Waals surface area contributed by atoms with Gasteiger partial charge >= 0.3 is 0 Å². The molecule has 2 amide bonds. The van der Waals surface area contributed by atoms with Crippen LogP contribution in [-0.2, 0) is 27.1 Å². The predicted octanol–water partition coefficient (Wildman–Crippen LogP) is 6.29. The van der Waals surface area contributed by atoms with Crippen molar-refractivity contribution in [3.05, 3.63) is 113 Å². The molecule has 0 fully saturated rings. The van der Waals surface area contributed by atoms with Crippen molar-refractivity contribution < 1.29 is 19.4 Å². The molecule has 2 aliphatic heterocycles. The summed E-state index contributed by atoms with van der Waals surface area (Å²) in [6.07, 6.45) is 4.23. The van der Waals surface area contributed by atoms with E-state index in [2.05, 4.69) is 47.3 Å². The van der Waals surface area contributed by atoms with Crippen molar-refractivity contribution in [1.82, 2.24) is 9.80 Å². The van der Waals surface area contributed by atoms with Crippen molar-refractivity contribution in [3.63, 3.8) is 0 Å². The molecule has 0 aliphatic carbocycles. The highest BCUT2D eigenvalue weighted by atomic mass is 32.1. The van der Waals surface area contributed by atoms with Crippen molar-refractivity contribution >= 4 is 35.1 Å². The molecule has 10 nitrogen and oxygen atoms in total. The van der Waals surface area contributed by atoms with E-state index in [1.807, 2.05) is 62.4 Å². The number of nitrogens with zero attached hydrogens (tertiary/aromatic N) is 4. The van der Waals surface area contributed by atoms with Crippen LogP contribution in [0.1, 0.15) is 49.1 Å². The molecule has 1 aromatic heterocycles. The zero-order chi connectivity index (χ0) is 37.6. The molecule has 0 unspecified atom stereocenters. The number of hydrogen-bond acceptors (Lipinski definition) is 9. The average molecular weight is 721 g/mol. The first-order chi connectivity index (χ1) is 24.8. The number of thiophene rings is 1. The second-order valence-electron chi connectivity index (χ2n) is 13.5. The van der Waals surface area contributed by atoms with Gasteiger partial charge in [-0.1, -0.05) is 60.7 Å². The summed E-state index contributed by atoms with van der Waals surface area (Å²) in [5.74, 6) is 0.875. The van der Waals surface area contributed by atoms with Gasteiger partial charge in [0.15, 0.2) is 11.9 Å². The van der Waals surface area contributed by atoms with E-state index in [1.54, 1.807) is 38.6 Å². The quantitative estimate of drug-likeness (QED) is 0.164. The second-order valence-corrected chi connectivity index (χ2v) is 14.4. The fourth-order valence-corrected chi connectivity index (χ4v) is 7.59. The molecule has 0 spiro atoms. The number of carbonyl (C=O) groups excluding carboxylic acids is 2. The standard InChI is InChI=1S/C22H25N3O2.C19H23N3O2S/c1-5-8-19-20(26)25(3)21(23)24-22(19,2)17-11-6-9-15(13-17)16-10-7-12-18(14-16)27-4;1-19(11-17(24)22(2)18(20)21-19)16-10-15(12-25-16)14-7-3-5-13(9-14)6-4-8-23/h5-7,9-14,19H,1,8H2,2-4H3,(H2,23,24);3,5,7,9-10,12,23H,4,6,8,11H2,1-2H3,(H2,20,21)/t19-,22+;19-/m00/s1. The average Bonchev–Trinajstić information content (AvgIpc) is 3.66. The number of methoxy groups -OCH3 is 1. The van der Waals surface area contributed by atoms with Gasteiger partial charge in [-0.3, -0.25) is 19.4 Å². The van der Waals surface area contributed by atoms with Crippen molar-refractivity contribution in [3.8, 4) is 28.0 Å². The third kappa shape index (κ3) is 7.95. The van der Waals surface area contributed by atoms with Crippen LogP contribution in [-0.4, -0.2) is 66.5 Å². The van der Waals surface area contributed by atoms with E-state index < -0.39 is 11.1 Å². The molecule has 3 heterocycles. The number of benzene rings is 3. The van der Waals surface area contributed by atoms with E-state index in [0.717, 1.165) is 51.3 Å². The molecule has 4 aromatic rings. The molecule has 0 saturated heterocycles. The predicted molar refractivity (Wildman–Crippen MR) is 210 cm³/mol. The molecule has 0 saturated carbocycles. The Morgan fingerprint density at radius 2 is 1.58 bits per heavy atom. The maximum atomic E-state index is 12.9. The smallest absolute Gasteiger partial charge is 0.235 e. The molecule has 2 aliphatic rings. The Balaban J connectivity index is 0.000000202. The van der Waals surface area contributed by atoms with Crippen LogP contribution in [0, 0.1) is 5.92 Å². The lowest BCUT2D eigenvalue weighted by Crippen LogP contribution is -2.53. The minimum Gasteiger partial charge on any atom is -0.497 e. The number of guanidine groups is 2. The number of carbonyl (C=O) groups is 2. The Labute approximate surface area is 310 Å². The van der Waals surface area contributed by atoms with Crippen molar-refractivity contribution in [2.75, 3.05) is 27.8 Å². The number of allylic oxidation sites excluding steroid dienone is 1. The van der Waals surface area contributed by atoms with Crippen molar-refractivity contribution in [1.29, 1.82) is 0 Å². The normalized spacial score (nSPS) is 21.5. The van der Waals surface area contributed by atoms with Crippen LogP contribution in [0.5, 0.6) is 5.75 Å². The number of amides is 2. The highest BCUT2D eigenvalue weighted by Crippen LogP contribution is 2.42. The van der Waals surface area contributed by atoms with Crippen LogP contribution < -0.4 is 16.2 Å². The number of aliphatic imine (C=N–C) groups is 2. The molecule has 11 heteroatoms. The van der Waals surface area contributed by atoms with E-state index >= 15 is 0 Å². The van der Waals surface area contributed by atoms with Crippen LogP contribution >= 0.6 is 11.3 Å². The lowest BCUT2D eigenvalue weighted by atomic mass is 9.76. The van der Waals surface area contributed by atoms with E-state index in [-0.39, 0.29) is 36.3 Å². The Bertz CT molecular complexity index is 2010. The Hall–Kier alpha value is -5.26. The zero-order valence-corrected chi connectivity index (χ0v) is 31.3. The second kappa shape index (κ2) is 16.0. The first kappa shape index (κ1) is 38.0. The minimum atomic E-state index is -0.753. The lowest BCUT2D eigenvalue weighted by Gasteiger charge is -2.40. The zero-order valence-electron chi connectivity index (χ0n) is 30.5. The summed E-state index contributed by atoms with van der Waals surface area (Å²) in [7, 11) is 4.96. The van der Waals surface area contributed by atoms with Gasteiger partial charge in [0.25, 0.3) is 0 Å². The minimum absolute atomic E-state index is 0.0176.